The molecule has 166 valence electrons. The molecule has 1 aliphatic heterocycles. The van der Waals surface area contributed by atoms with Crippen LogP contribution >= 0.6 is 23.4 Å². The zero-order valence-electron chi connectivity index (χ0n) is 18.0. The van der Waals surface area contributed by atoms with Crippen LogP contribution < -0.4 is 5.32 Å². The van der Waals surface area contributed by atoms with Crippen LogP contribution in [-0.2, 0) is 4.74 Å². The van der Waals surface area contributed by atoms with Crippen molar-refractivity contribution in [2.75, 3.05) is 6.26 Å². The minimum absolute atomic E-state index is 0.203. The first-order valence-electron chi connectivity index (χ1n) is 10.2. The Kier molecular flexibility index (Phi) is 9.45. The van der Waals surface area contributed by atoms with E-state index in [-0.39, 0.29) is 23.0 Å². The third-order valence-electron chi connectivity index (χ3n) is 5.39. The number of halogens is 1. The van der Waals surface area contributed by atoms with E-state index >= 15 is 0 Å². The van der Waals surface area contributed by atoms with Gasteiger partial charge >= 0.3 is 0 Å². The van der Waals surface area contributed by atoms with Crippen molar-refractivity contribution in [3.8, 4) is 11.8 Å². The largest absolute Gasteiger partial charge is 0.390 e. The number of aliphatic hydroxyl groups excluding tert-OH is 2. The van der Waals surface area contributed by atoms with E-state index in [4.69, 9.17) is 16.3 Å². The zero-order valence-corrected chi connectivity index (χ0v) is 19.6. The lowest BCUT2D eigenvalue weighted by Crippen LogP contribution is -2.62. The summed E-state index contributed by atoms with van der Waals surface area (Å²) in [6, 6.07) is 2.66. The van der Waals surface area contributed by atoms with Crippen molar-refractivity contribution < 1.29 is 19.7 Å². The molecule has 0 aromatic carbocycles. The SMILES string of the molecule is CCC(C)C#Cc1ccnc(C(=O)N[C@@H]([C@H]2O[C@H](SC)[C@H](C)[C@@H](O)[C@H]2O)[C@H](C)Cl)c1. The fourth-order valence-electron chi connectivity index (χ4n) is 3.22. The van der Waals surface area contributed by atoms with Crippen LogP contribution in [0.1, 0.15) is 50.2 Å². The second-order valence-corrected chi connectivity index (χ2v) is 9.35. The standard InChI is InChI=1S/C22H31ClN2O4S/c1-6-12(2)7-8-15-9-10-24-16(11-15)21(28)25-17(14(4)23)20-19(27)18(26)13(3)22(29-20)30-5/h9-14,17-20,22,26-27H,6H2,1-5H3,(H,25,28)/t12?,13-,14+,17-,18-,19-,20-,22-/m1/s1. The van der Waals surface area contributed by atoms with Crippen molar-refractivity contribution in [1.29, 1.82) is 0 Å². The highest BCUT2D eigenvalue weighted by molar-refractivity contribution is 7.99. The van der Waals surface area contributed by atoms with E-state index in [0.717, 1.165) is 6.42 Å². The Hall–Kier alpha value is -1.30. The summed E-state index contributed by atoms with van der Waals surface area (Å²) in [4.78, 5) is 17.0. The molecule has 8 heteroatoms. The van der Waals surface area contributed by atoms with Crippen LogP contribution in [-0.4, -0.2) is 62.5 Å². The molecule has 1 aromatic rings. The monoisotopic (exact) mass is 454 g/mol. The number of nitrogens with zero attached hydrogens (tertiary/aromatic N) is 1. The molecule has 0 saturated carbocycles. The van der Waals surface area contributed by atoms with Gasteiger partial charge in [-0.1, -0.05) is 32.6 Å². The molecule has 0 spiro atoms. The van der Waals surface area contributed by atoms with Crippen molar-refractivity contribution in [1.82, 2.24) is 10.3 Å². The minimum Gasteiger partial charge on any atom is -0.390 e. The number of hydrogen-bond donors (Lipinski definition) is 3. The maximum absolute atomic E-state index is 12.9. The molecule has 2 rings (SSSR count). The summed E-state index contributed by atoms with van der Waals surface area (Å²) in [6.07, 6.45) is 1.36. The fraction of sp³-hybridized carbons (Fsp3) is 0.636. The summed E-state index contributed by atoms with van der Waals surface area (Å²) in [6.45, 7) is 7.64. The maximum Gasteiger partial charge on any atom is 0.270 e. The Morgan fingerprint density at radius 2 is 2.10 bits per heavy atom. The van der Waals surface area contributed by atoms with E-state index in [1.165, 1.54) is 18.0 Å². The molecule has 3 N–H and O–H groups in total. The Labute approximate surface area is 188 Å². The van der Waals surface area contributed by atoms with E-state index in [2.05, 4.69) is 29.1 Å². The lowest BCUT2D eigenvalue weighted by molar-refractivity contribution is -0.179. The molecule has 1 fully saturated rings. The normalized spacial score (nSPS) is 29.3. The second kappa shape index (κ2) is 11.4. The first kappa shape index (κ1) is 25.0. The molecular weight excluding hydrogens is 424 g/mol. The third-order valence-corrected chi connectivity index (χ3v) is 6.67. The topological polar surface area (TPSA) is 91.7 Å². The second-order valence-electron chi connectivity index (χ2n) is 7.73. The van der Waals surface area contributed by atoms with E-state index in [1.54, 1.807) is 19.1 Å². The van der Waals surface area contributed by atoms with Gasteiger partial charge in [-0.3, -0.25) is 9.78 Å². The Balaban J connectivity index is 2.20. The predicted molar refractivity (Wildman–Crippen MR) is 120 cm³/mol. The van der Waals surface area contributed by atoms with Crippen molar-refractivity contribution in [2.24, 2.45) is 11.8 Å². The molecule has 2 heterocycles. The number of carbonyl (C=O) groups is 1. The maximum atomic E-state index is 12.9. The number of alkyl halides is 1. The number of rotatable bonds is 6. The molecule has 1 aliphatic rings. The molecule has 0 radical (unpaired) electrons. The van der Waals surface area contributed by atoms with E-state index < -0.39 is 35.6 Å². The van der Waals surface area contributed by atoms with Crippen molar-refractivity contribution in [3.05, 3.63) is 29.6 Å². The van der Waals surface area contributed by atoms with Crippen LogP contribution in [0.5, 0.6) is 0 Å². The Bertz CT molecular complexity index is 780. The highest BCUT2D eigenvalue weighted by atomic mass is 35.5. The van der Waals surface area contributed by atoms with Gasteiger partial charge in [0.1, 0.15) is 23.3 Å². The molecular formula is C22H31ClN2O4S. The van der Waals surface area contributed by atoms with Crippen molar-refractivity contribution >= 4 is 29.3 Å². The van der Waals surface area contributed by atoms with Gasteiger partial charge in [0.25, 0.3) is 5.91 Å². The van der Waals surface area contributed by atoms with Crippen molar-refractivity contribution in [2.45, 2.75) is 69.3 Å². The summed E-state index contributed by atoms with van der Waals surface area (Å²) in [5, 5.41) is 23.3. The molecule has 0 bridgehead atoms. The van der Waals surface area contributed by atoms with Gasteiger partial charge in [0.15, 0.2) is 0 Å². The van der Waals surface area contributed by atoms with Gasteiger partial charge in [-0.15, -0.1) is 23.4 Å². The van der Waals surface area contributed by atoms with Gasteiger partial charge in [0.2, 0.25) is 0 Å². The van der Waals surface area contributed by atoms with E-state index in [1.807, 2.05) is 20.1 Å². The van der Waals surface area contributed by atoms with Gasteiger partial charge in [0, 0.05) is 23.6 Å². The molecule has 1 unspecified atom stereocenters. The highest BCUT2D eigenvalue weighted by Crippen LogP contribution is 2.33. The smallest absolute Gasteiger partial charge is 0.270 e. The van der Waals surface area contributed by atoms with Crippen LogP contribution in [0.25, 0.3) is 0 Å². The lowest BCUT2D eigenvalue weighted by Gasteiger charge is -2.44. The molecule has 30 heavy (non-hydrogen) atoms. The molecule has 1 aromatic heterocycles. The average Bonchev–Trinajstić information content (AvgIpc) is 2.74. The summed E-state index contributed by atoms with van der Waals surface area (Å²) in [5.41, 5.74) is 0.584. The van der Waals surface area contributed by atoms with Gasteiger partial charge in [-0.2, -0.15) is 0 Å². The lowest BCUT2D eigenvalue weighted by atomic mass is 9.89. The molecule has 0 aliphatic carbocycles. The number of nitrogens with one attached hydrogen (secondary N) is 1. The van der Waals surface area contributed by atoms with Gasteiger partial charge in [0.05, 0.1) is 17.5 Å². The predicted octanol–water partition coefficient (Wildman–Crippen LogP) is 2.65. The fourth-order valence-corrected chi connectivity index (χ4v) is 4.25. The third kappa shape index (κ3) is 6.12. The first-order chi connectivity index (χ1) is 14.2. The number of carbonyl (C=O) groups excluding carboxylic acids is 1. The van der Waals surface area contributed by atoms with Gasteiger partial charge in [-0.25, -0.2) is 0 Å². The number of thioether (sulfide) groups is 1. The number of aliphatic hydroxyl groups is 2. The molecule has 1 saturated heterocycles. The first-order valence-corrected chi connectivity index (χ1v) is 11.9. The van der Waals surface area contributed by atoms with Crippen LogP contribution in [0.15, 0.2) is 18.3 Å². The summed E-state index contributed by atoms with van der Waals surface area (Å²) < 4.78 is 6.00. The number of hydrogen-bond acceptors (Lipinski definition) is 6. The minimum atomic E-state index is -1.17. The van der Waals surface area contributed by atoms with E-state index in [9.17, 15) is 15.0 Å². The quantitative estimate of drug-likeness (QED) is 0.452. The van der Waals surface area contributed by atoms with Crippen LogP contribution in [0, 0.1) is 23.7 Å². The van der Waals surface area contributed by atoms with Crippen molar-refractivity contribution in [3.63, 3.8) is 0 Å². The highest BCUT2D eigenvalue weighted by Gasteiger charge is 2.46. The van der Waals surface area contributed by atoms with Crippen LogP contribution in [0.2, 0.25) is 0 Å². The van der Waals surface area contributed by atoms with Gasteiger partial charge < -0.3 is 20.3 Å². The summed E-state index contributed by atoms with van der Waals surface area (Å²) >= 11 is 7.79. The average molecular weight is 455 g/mol. The molecule has 8 atom stereocenters. The van der Waals surface area contributed by atoms with Gasteiger partial charge in [-0.05, 0) is 31.7 Å². The molecule has 6 nitrogen and oxygen atoms in total. The number of aromatic nitrogens is 1. The summed E-state index contributed by atoms with van der Waals surface area (Å²) in [7, 11) is 0. The Morgan fingerprint density at radius 1 is 1.40 bits per heavy atom. The number of pyridine rings is 1. The number of ether oxygens (including phenoxy) is 1. The zero-order chi connectivity index (χ0) is 22.4. The Morgan fingerprint density at radius 3 is 2.70 bits per heavy atom. The molecule has 1 amide bonds. The number of amides is 1. The summed E-state index contributed by atoms with van der Waals surface area (Å²) in [5.74, 6) is 5.77. The van der Waals surface area contributed by atoms with Crippen LogP contribution in [0.4, 0.5) is 0 Å². The van der Waals surface area contributed by atoms with E-state index in [0.29, 0.717) is 5.56 Å². The van der Waals surface area contributed by atoms with Crippen LogP contribution in [0.3, 0.4) is 0 Å².